The van der Waals surface area contributed by atoms with Crippen LogP contribution in [0.4, 0.5) is 0 Å². The molecule has 0 saturated carbocycles. The molecule has 0 heterocycles. The number of thioether (sulfide) groups is 1. The number of benzene rings is 1. The fraction of sp³-hybridized carbons (Fsp3) is 0.400. The molecule has 1 rings (SSSR count). The van der Waals surface area contributed by atoms with Gasteiger partial charge in [-0.05, 0) is 17.5 Å². The van der Waals surface area contributed by atoms with Crippen molar-refractivity contribution in [2.24, 2.45) is 0 Å². The summed E-state index contributed by atoms with van der Waals surface area (Å²) in [6, 6.07) is 8.16. The maximum absolute atomic E-state index is 11.6. The molecule has 0 fully saturated rings. The molecule has 0 aliphatic heterocycles. The van der Waals surface area contributed by atoms with Crippen molar-refractivity contribution in [2.45, 2.75) is 38.4 Å². The van der Waals surface area contributed by atoms with Gasteiger partial charge in [-0.2, -0.15) is 0 Å². The minimum Gasteiger partial charge on any atom is -0.287 e. The lowest BCUT2D eigenvalue weighted by atomic mass is 10.1. The van der Waals surface area contributed by atoms with Crippen molar-refractivity contribution < 1.29 is 4.79 Å². The second kappa shape index (κ2) is 8.13. The van der Waals surface area contributed by atoms with Gasteiger partial charge < -0.3 is 0 Å². The van der Waals surface area contributed by atoms with Crippen molar-refractivity contribution in [3.8, 4) is 0 Å². The first-order chi connectivity index (χ1) is 8.26. The zero-order valence-corrected chi connectivity index (χ0v) is 11.3. The Labute approximate surface area is 108 Å². The summed E-state index contributed by atoms with van der Waals surface area (Å²) >= 11 is 1.43. The molecule has 2 heteroatoms. The molecule has 1 aromatic carbocycles. The molecule has 0 saturated heterocycles. The lowest BCUT2D eigenvalue weighted by molar-refractivity contribution is -0.111. The number of rotatable bonds is 7. The maximum Gasteiger partial charge on any atom is 0.189 e. The van der Waals surface area contributed by atoms with E-state index in [1.807, 2.05) is 18.2 Å². The Bertz CT molecular complexity index is 371. The van der Waals surface area contributed by atoms with Crippen LogP contribution in [0, 0.1) is 0 Å². The molecule has 1 aromatic rings. The van der Waals surface area contributed by atoms with Crippen LogP contribution in [0.5, 0.6) is 0 Å². The van der Waals surface area contributed by atoms with E-state index in [0.29, 0.717) is 11.5 Å². The highest BCUT2D eigenvalue weighted by Crippen LogP contribution is 2.17. The molecule has 1 nitrogen and oxygen atoms in total. The average molecular weight is 248 g/mol. The molecular weight excluding hydrogens is 228 g/mol. The van der Waals surface area contributed by atoms with E-state index in [1.54, 1.807) is 0 Å². The van der Waals surface area contributed by atoms with Crippen LogP contribution >= 0.6 is 11.8 Å². The third-order valence-electron chi connectivity index (χ3n) is 2.57. The summed E-state index contributed by atoms with van der Waals surface area (Å²) in [5.41, 5.74) is 2.30. The van der Waals surface area contributed by atoms with Gasteiger partial charge in [-0.15, -0.1) is 0 Å². The van der Waals surface area contributed by atoms with Crippen molar-refractivity contribution in [1.82, 2.24) is 0 Å². The molecule has 17 heavy (non-hydrogen) atoms. The highest BCUT2D eigenvalue weighted by atomic mass is 32.2. The molecule has 0 spiro atoms. The van der Waals surface area contributed by atoms with Crippen LogP contribution in [0.15, 0.2) is 30.8 Å². The standard InChI is InChI=1S/C15H20OS/c1-3-5-6-10-15(16)17-12-14-9-7-8-13(4-2)11-14/h4,7-9,11H,2-3,5-6,10,12H2,1H3. The quantitative estimate of drug-likeness (QED) is 0.652. The van der Waals surface area contributed by atoms with Crippen LogP contribution < -0.4 is 0 Å². The van der Waals surface area contributed by atoms with Crippen molar-refractivity contribution >= 4 is 23.0 Å². The number of hydrogen-bond acceptors (Lipinski definition) is 2. The lowest BCUT2D eigenvalue weighted by Gasteiger charge is -2.02. The van der Waals surface area contributed by atoms with Crippen molar-refractivity contribution in [2.75, 3.05) is 0 Å². The summed E-state index contributed by atoms with van der Waals surface area (Å²) in [4.78, 5) is 11.6. The van der Waals surface area contributed by atoms with Crippen molar-refractivity contribution in [3.63, 3.8) is 0 Å². The van der Waals surface area contributed by atoms with Gasteiger partial charge in [0.1, 0.15) is 0 Å². The maximum atomic E-state index is 11.6. The van der Waals surface area contributed by atoms with E-state index >= 15 is 0 Å². The minimum absolute atomic E-state index is 0.308. The largest absolute Gasteiger partial charge is 0.287 e. The Morgan fingerprint density at radius 2 is 2.24 bits per heavy atom. The van der Waals surface area contributed by atoms with E-state index < -0.39 is 0 Å². The molecule has 0 unspecified atom stereocenters. The third kappa shape index (κ3) is 5.73. The highest BCUT2D eigenvalue weighted by Gasteiger charge is 2.03. The van der Waals surface area contributed by atoms with Crippen LogP contribution in [0.25, 0.3) is 6.08 Å². The third-order valence-corrected chi connectivity index (χ3v) is 3.57. The van der Waals surface area contributed by atoms with Crippen LogP contribution in [-0.2, 0) is 10.5 Å². The van der Waals surface area contributed by atoms with Gasteiger partial charge in [-0.25, -0.2) is 0 Å². The topological polar surface area (TPSA) is 17.1 Å². The van der Waals surface area contributed by atoms with Crippen LogP contribution in [0.3, 0.4) is 0 Å². The SMILES string of the molecule is C=Cc1cccc(CSC(=O)CCCCC)c1. The Balaban J connectivity index is 2.34. The molecule has 0 aliphatic rings. The van der Waals surface area contributed by atoms with Crippen molar-refractivity contribution in [1.29, 1.82) is 0 Å². The molecule has 0 bridgehead atoms. The zero-order valence-electron chi connectivity index (χ0n) is 10.4. The number of hydrogen-bond donors (Lipinski definition) is 0. The number of unbranched alkanes of at least 4 members (excludes halogenated alkanes) is 2. The normalized spacial score (nSPS) is 10.2. The first-order valence-corrected chi connectivity index (χ1v) is 7.12. The van der Waals surface area contributed by atoms with Crippen molar-refractivity contribution in [3.05, 3.63) is 42.0 Å². The van der Waals surface area contributed by atoms with E-state index in [9.17, 15) is 4.79 Å². The van der Waals surface area contributed by atoms with Gasteiger partial charge in [0.15, 0.2) is 5.12 Å². The Kier molecular flexibility index (Phi) is 6.71. The fourth-order valence-corrected chi connectivity index (χ4v) is 2.36. The molecule has 0 amide bonds. The van der Waals surface area contributed by atoms with Gasteiger partial charge in [-0.1, -0.05) is 68.4 Å². The van der Waals surface area contributed by atoms with Crippen LogP contribution in [-0.4, -0.2) is 5.12 Å². The molecule has 0 N–H and O–H groups in total. The van der Waals surface area contributed by atoms with E-state index in [0.717, 1.165) is 24.2 Å². The second-order valence-electron chi connectivity index (χ2n) is 4.07. The Morgan fingerprint density at radius 3 is 2.94 bits per heavy atom. The molecule has 0 radical (unpaired) electrons. The van der Waals surface area contributed by atoms with Gasteiger partial charge in [-0.3, -0.25) is 4.79 Å². The van der Waals surface area contributed by atoms with Crippen LogP contribution in [0.1, 0.15) is 43.7 Å². The van der Waals surface area contributed by atoms with Gasteiger partial charge in [0.2, 0.25) is 0 Å². The first-order valence-electron chi connectivity index (χ1n) is 6.13. The molecular formula is C15H20OS. The second-order valence-corrected chi connectivity index (χ2v) is 5.10. The summed E-state index contributed by atoms with van der Waals surface area (Å²) in [7, 11) is 0. The van der Waals surface area contributed by atoms with Gasteiger partial charge >= 0.3 is 0 Å². The predicted octanol–water partition coefficient (Wildman–Crippen LogP) is 4.67. The van der Waals surface area contributed by atoms with Gasteiger partial charge in [0.25, 0.3) is 0 Å². The molecule has 0 aromatic heterocycles. The van der Waals surface area contributed by atoms with Crippen LogP contribution in [0.2, 0.25) is 0 Å². The van der Waals surface area contributed by atoms with E-state index in [-0.39, 0.29) is 0 Å². The average Bonchev–Trinajstić information content (AvgIpc) is 2.37. The zero-order chi connectivity index (χ0) is 12.5. The minimum atomic E-state index is 0.308. The summed E-state index contributed by atoms with van der Waals surface area (Å²) in [5.74, 6) is 0.770. The van der Waals surface area contributed by atoms with E-state index in [1.165, 1.54) is 23.7 Å². The summed E-state index contributed by atoms with van der Waals surface area (Å²) in [5, 5.41) is 0.308. The molecule has 0 atom stereocenters. The summed E-state index contributed by atoms with van der Waals surface area (Å²) in [6.07, 6.45) is 5.88. The fourth-order valence-electron chi connectivity index (χ4n) is 1.57. The smallest absolute Gasteiger partial charge is 0.189 e. The highest BCUT2D eigenvalue weighted by molar-refractivity contribution is 8.12. The van der Waals surface area contributed by atoms with E-state index in [2.05, 4.69) is 25.6 Å². The van der Waals surface area contributed by atoms with Gasteiger partial charge in [0, 0.05) is 12.2 Å². The Hall–Kier alpha value is -1.02. The molecule has 92 valence electrons. The lowest BCUT2D eigenvalue weighted by Crippen LogP contribution is -1.93. The summed E-state index contributed by atoms with van der Waals surface area (Å²) in [6.45, 7) is 5.89. The number of carbonyl (C=O) groups excluding carboxylic acids is 1. The molecule has 0 aliphatic carbocycles. The Morgan fingerprint density at radius 1 is 1.41 bits per heavy atom. The van der Waals surface area contributed by atoms with Gasteiger partial charge in [0.05, 0.1) is 0 Å². The monoisotopic (exact) mass is 248 g/mol. The van der Waals surface area contributed by atoms with E-state index in [4.69, 9.17) is 0 Å². The number of carbonyl (C=O) groups is 1. The first kappa shape index (κ1) is 14.0. The predicted molar refractivity (Wildman–Crippen MR) is 77.0 cm³/mol. The summed E-state index contributed by atoms with van der Waals surface area (Å²) < 4.78 is 0.